The molecule has 2 heterocycles. The number of pyridine rings is 1. The SMILES string of the molecule is Cc1cccc(S(=O)(=O)NC(C)C)c1NC(=O)c1cc(C(F)(F)F)nn1-c1ncccc1Cl. The zero-order valence-corrected chi connectivity index (χ0v) is 19.2. The van der Waals surface area contributed by atoms with E-state index in [1.165, 1.54) is 30.5 Å². The summed E-state index contributed by atoms with van der Waals surface area (Å²) in [4.78, 5) is 16.8. The van der Waals surface area contributed by atoms with Crippen molar-refractivity contribution in [2.75, 3.05) is 5.32 Å². The van der Waals surface area contributed by atoms with Gasteiger partial charge in [0.1, 0.15) is 10.6 Å². The molecule has 3 aromatic rings. The van der Waals surface area contributed by atoms with Crippen LogP contribution in [0, 0.1) is 6.92 Å². The quantitative estimate of drug-likeness (QED) is 0.527. The molecule has 1 aromatic carbocycles. The van der Waals surface area contributed by atoms with Gasteiger partial charge in [-0.25, -0.2) is 22.8 Å². The van der Waals surface area contributed by atoms with Crippen LogP contribution in [0.4, 0.5) is 18.9 Å². The van der Waals surface area contributed by atoms with E-state index in [-0.39, 0.29) is 21.4 Å². The van der Waals surface area contributed by atoms with E-state index in [1.807, 2.05) is 0 Å². The second-order valence-electron chi connectivity index (χ2n) is 7.31. The molecule has 0 bridgehead atoms. The molecule has 0 atom stereocenters. The topological polar surface area (TPSA) is 106 Å². The predicted molar refractivity (Wildman–Crippen MR) is 116 cm³/mol. The maximum Gasteiger partial charge on any atom is 0.435 e. The number of nitrogens with zero attached hydrogens (tertiary/aromatic N) is 3. The van der Waals surface area contributed by atoms with Gasteiger partial charge in [0, 0.05) is 18.3 Å². The Kier molecular flexibility index (Phi) is 6.82. The van der Waals surface area contributed by atoms with Crippen molar-refractivity contribution < 1.29 is 26.4 Å². The van der Waals surface area contributed by atoms with Crippen LogP contribution >= 0.6 is 11.6 Å². The van der Waals surface area contributed by atoms with E-state index in [0.29, 0.717) is 16.3 Å². The number of carbonyl (C=O) groups excluding carboxylic acids is 1. The minimum absolute atomic E-state index is 0.0383. The number of carbonyl (C=O) groups is 1. The van der Waals surface area contributed by atoms with Crippen LogP contribution in [-0.2, 0) is 16.2 Å². The number of rotatable bonds is 6. The summed E-state index contributed by atoms with van der Waals surface area (Å²) in [6, 6.07) is 7.27. The summed E-state index contributed by atoms with van der Waals surface area (Å²) in [7, 11) is -4.03. The lowest BCUT2D eigenvalue weighted by molar-refractivity contribution is -0.141. The Balaban J connectivity index is 2.12. The Morgan fingerprint density at radius 2 is 1.88 bits per heavy atom. The van der Waals surface area contributed by atoms with E-state index in [1.54, 1.807) is 26.8 Å². The molecule has 0 aliphatic heterocycles. The summed E-state index contributed by atoms with van der Waals surface area (Å²) in [5.74, 6) is -1.23. The van der Waals surface area contributed by atoms with Crippen molar-refractivity contribution in [1.29, 1.82) is 0 Å². The first-order chi connectivity index (χ1) is 15.3. The molecular formula is C20H19ClF3N5O3S. The number of alkyl halides is 3. The van der Waals surface area contributed by atoms with Gasteiger partial charge in [0.15, 0.2) is 11.5 Å². The molecule has 0 aliphatic rings. The molecule has 0 aliphatic carbocycles. The Morgan fingerprint density at radius 1 is 1.18 bits per heavy atom. The minimum atomic E-state index is -4.85. The normalized spacial score (nSPS) is 12.2. The molecule has 3 rings (SSSR count). The first-order valence-electron chi connectivity index (χ1n) is 9.52. The number of benzene rings is 1. The fourth-order valence-corrected chi connectivity index (χ4v) is 4.64. The monoisotopic (exact) mass is 501 g/mol. The van der Waals surface area contributed by atoms with Gasteiger partial charge in [-0.2, -0.15) is 18.3 Å². The van der Waals surface area contributed by atoms with Crippen LogP contribution in [0.5, 0.6) is 0 Å². The third kappa shape index (κ3) is 5.34. The number of sulfonamides is 1. The molecule has 13 heteroatoms. The highest BCUT2D eigenvalue weighted by Gasteiger charge is 2.37. The van der Waals surface area contributed by atoms with E-state index in [0.717, 1.165) is 0 Å². The first-order valence-corrected chi connectivity index (χ1v) is 11.4. The van der Waals surface area contributed by atoms with Crippen molar-refractivity contribution in [2.24, 2.45) is 0 Å². The van der Waals surface area contributed by atoms with Gasteiger partial charge >= 0.3 is 6.18 Å². The zero-order chi connectivity index (χ0) is 24.6. The Bertz CT molecular complexity index is 1310. The van der Waals surface area contributed by atoms with E-state index in [9.17, 15) is 26.4 Å². The van der Waals surface area contributed by atoms with Crippen LogP contribution in [0.2, 0.25) is 5.02 Å². The molecule has 0 saturated carbocycles. The Morgan fingerprint density at radius 3 is 2.48 bits per heavy atom. The molecule has 176 valence electrons. The third-order valence-electron chi connectivity index (χ3n) is 4.33. The zero-order valence-electron chi connectivity index (χ0n) is 17.6. The largest absolute Gasteiger partial charge is 0.435 e. The number of hydrogen-bond acceptors (Lipinski definition) is 5. The molecule has 2 N–H and O–H groups in total. The second kappa shape index (κ2) is 9.12. The predicted octanol–water partition coefficient (Wildman–Crippen LogP) is 4.19. The molecule has 0 spiro atoms. The minimum Gasteiger partial charge on any atom is -0.319 e. The van der Waals surface area contributed by atoms with E-state index in [2.05, 4.69) is 20.1 Å². The Hall–Kier alpha value is -2.96. The highest BCUT2D eigenvalue weighted by molar-refractivity contribution is 7.89. The van der Waals surface area contributed by atoms with E-state index in [4.69, 9.17) is 11.6 Å². The number of para-hydroxylation sites is 1. The summed E-state index contributed by atoms with van der Waals surface area (Å²) >= 11 is 6.05. The number of aromatic nitrogens is 3. The molecule has 0 saturated heterocycles. The molecule has 2 aromatic heterocycles. The summed E-state index contributed by atoms with van der Waals surface area (Å²) in [5.41, 5.74) is -1.57. The van der Waals surface area contributed by atoms with E-state index < -0.39 is 39.5 Å². The maximum absolute atomic E-state index is 13.3. The van der Waals surface area contributed by atoms with Gasteiger partial charge in [-0.1, -0.05) is 23.7 Å². The molecule has 0 radical (unpaired) electrons. The van der Waals surface area contributed by atoms with Crippen molar-refractivity contribution in [3.8, 4) is 5.82 Å². The van der Waals surface area contributed by atoms with Gasteiger partial charge in [-0.05, 0) is 44.5 Å². The lowest BCUT2D eigenvalue weighted by Gasteiger charge is -2.16. The Labute approximate surface area is 192 Å². The number of amides is 1. The summed E-state index contributed by atoms with van der Waals surface area (Å²) in [5, 5.41) is 5.83. The molecular weight excluding hydrogens is 483 g/mol. The average molecular weight is 502 g/mol. The molecule has 1 amide bonds. The highest BCUT2D eigenvalue weighted by atomic mass is 35.5. The van der Waals surface area contributed by atoms with Gasteiger partial charge in [0.2, 0.25) is 10.0 Å². The molecule has 8 nitrogen and oxygen atoms in total. The lowest BCUT2D eigenvalue weighted by atomic mass is 10.2. The molecule has 33 heavy (non-hydrogen) atoms. The number of halogens is 4. The lowest BCUT2D eigenvalue weighted by Crippen LogP contribution is -2.31. The summed E-state index contributed by atoms with van der Waals surface area (Å²) in [6.07, 6.45) is -3.57. The standard InChI is InChI=1S/C20H19ClF3N5O3S/c1-11(2)28-33(31,32)15-8-4-6-12(3)17(15)26-19(30)14-10-16(20(22,23)24)27-29(14)18-13(21)7-5-9-25-18/h4-11,28H,1-3H3,(H,26,30). The van der Waals surface area contributed by atoms with Crippen LogP contribution in [0.15, 0.2) is 47.5 Å². The van der Waals surface area contributed by atoms with Gasteiger partial charge in [-0.3, -0.25) is 4.79 Å². The van der Waals surface area contributed by atoms with Crippen molar-refractivity contribution in [3.63, 3.8) is 0 Å². The smallest absolute Gasteiger partial charge is 0.319 e. The maximum atomic E-state index is 13.3. The average Bonchev–Trinajstić information content (AvgIpc) is 3.14. The van der Waals surface area contributed by atoms with Crippen molar-refractivity contribution in [3.05, 3.63) is 64.6 Å². The number of anilines is 1. The van der Waals surface area contributed by atoms with E-state index >= 15 is 0 Å². The first kappa shape index (κ1) is 24.7. The fourth-order valence-electron chi connectivity index (χ4n) is 2.95. The van der Waals surface area contributed by atoms with Crippen LogP contribution in [0.1, 0.15) is 35.6 Å². The number of nitrogens with one attached hydrogen (secondary N) is 2. The van der Waals surface area contributed by atoms with Crippen LogP contribution in [0.25, 0.3) is 5.82 Å². The van der Waals surface area contributed by atoms with Gasteiger partial charge < -0.3 is 5.32 Å². The van der Waals surface area contributed by atoms with Crippen LogP contribution < -0.4 is 10.0 Å². The van der Waals surface area contributed by atoms with Crippen molar-refractivity contribution in [1.82, 2.24) is 19.5 Å². The third-order valence-corrected chi connectivity index (χ3v) is 6.32. The van der Waals surface area contributed by atoms with Gasteiger partial charge in [0.25, 0.3) is 5.91 Å². The van der Waals surface area contributed by atoms with Gasteiger partial charge in [-0.15, -0.1) is 0 Å². The number of hydrogen-bond donors (Lipinski definition) is 2. The molecule has 0 unspecified atom stereocenters. The number of aryl methyl sites for hydroxylation is 1. The fraction of sp³-hybridized carbons (Fsp3) is 0.250. The van der Waals surface area contributed by atoms with Gasteiger partial charge in [0.05, 0.1) is 10.7 Å². The summed E-state index contributed by atoms with van der Waals surface area (Å²) in [6.45, 7) is 4.80. The molecule has 0 fully saturated rings. The van der Waals surface area contributed by atoms with Crippen molar-refractivity contribution in [2.45, 2.75) is 37.9 Å². The highest BCUT2D eigenvalue weighted by Crippen LogP contribution is 2.31. The van der Waals surface area contributed by atoms with Crippen molar-refractivity contribution >= 4 is 33.2 Å². The second-order valence-corrected chi connectivity index (χ2v) is 9.40. The summed E-state index contributed by atoms with van der Waals surface area (Å²) < 4.78 is 68.6. The van der Waals surface area contributed by atoms with Crippen LogP contribution in [0.3, 0.4) is 0 Å². The van der Waals surface area contributed by atoms with Crippen LogP contribution in [-0.4, -0.2) is 35.1 Å².